The van der Waals surface area contributed by atoms with E-state index in [0.717, 1.165) is 42.7 Å². The maximum Gasteiger partial charge on any atom is 0.191 e. The molecule has 1 atom stereocenters. The Morgan fingerprint density at radius 1 is 1.38 bits per heavy atom. The van der Waals surface area contributed by atoms with Gasteiger partial charge in [-0.25, -0.2) is 4.99 Å². The van der Waals surface area contributed by atoms with Crippen molar-refractivity contribution in [2.45, 2.75) is 38.8 Å². The third kappa shape index (κ3) is 5.56. The SMILES string of the molecule is CCNC(=NCc1ccccc1Cl)NCCC1CCCO1. The Hall–Kier alpha value is -1.26. The molecule has 2 N–H and O–H groups in total. The topological polar surface area (TPSA) is 45.7 Å². The molecule has 0 radical (unpaired) electrons. The predicted octanol–water partition coefficient (Wildman–Crippen LogP) is 2.96. The van der Waals surface area contributed by atoms with Crippen molar-refractivity contribution in [3.8, 4) is 0 Å². The van der Waals surface area contributed by atoms with Gasteiger partial charge in [0.25, 0.3) is 0 Å². The minimum Gasteiger partial charge on any atom is -0.378 e. The number of guanidine groups is 1. The number of nitrogens with zero attached hydrogens (tertiary/aromatic N) is 1. The fourth-order valence-corrected chi connectivity index (χ4v) is 2.55. The minimum absolute atomic E-state index is 0.406. The fourth-order valence-electron chi connectivity index (χ4n) is 2.36. The number of halogens is 1. The maximum absolute atomic E-state index is 6.15. The first-order valence-corrected chi connectivity index (χ1v) is 8.04. The van der Waals surface area contributed by atoms with Crippen molar-refractivity contribution in [1.29, 1.82) is 0 Å². The first kappa shape index (κ1) is 16.1. The summed E-state index contributed by atoms with van der Waals surface area (Å²) < 4.78 is 5.62. The van der Waals surface area contributed by atoms with Crippen LogP contribution in [0.1, 0.15) is 31.7 Å². The fraction of sp³-hybridized carbons (Fsp3) is 0.562. The van der Waals surface area contributed by atoms with Crippen LogP contribution >= 0.6 is 11.6 Å². The molecule has 1 aliphatic heterocycles. The van der Waals surface area contributed by atoms with Gasteiger partial charge in [0, 0.05) is 24.7 Å². The van der Waals surface area contributed by atoms with E-state index in [2.05, 4.69) is 22.5 Å². The van der Waals surface area contributed by atoms with E-state index in [1.165, 1.54) is 12.8 Å². The van der Waals surface area contributed by atoms with Crippen molar-refractivity contribution < 1.29 is 4.74 Å². The van der Waals surface area contributed by atoms with E-state index < -0.39 is 0 Å². The molecule has 0 spiro atoms. The molecule has 116 valence electrons. The van der Waals surface area contributed by atoms with Gasteiger partial charge in [-0.1, -0.05) is 29.8 Å². The highest BCUT2D eigenvalue weighted by Crippen LogP contribution is 2.16. The lowest BCUT2D eigenvalue weighted by molar-refractivity contribution is 0.105. The number of aliphatic imine (C=N–C) groups is 1. The molecule has 0 aliphatic carbocycles. The van der Waals surface area contributed by atoms with Gasteiger partial charge < -0.3 is 15.4 Å². The number of hydrogen-bond donors (Lipinski definition) is 2. The number of ether oxygens (including phenoxy) is 1. The van der Waals surface area contributed by atoms with Crippen LogP contribution in [0.5, 0.6) is 0 Å². The van der Waals surface area contributed by atoms with E-state index >= 15 is 0 Å². The van der Waals surface area contributed by atoms with Crippen LogP contribution in [0.3, 0.4) is 0 Å². The molecule has 1 heterocycles. The van der Waals surface area contributed by atoms with Gasteiger partial charge in [-0.2, -0.15) is 0 Å². The molecule has 1 aliphatic rings. The van der Waals surface area contributed by atoms with Crippen LogP contribution in [0, 0.1) is 0 Å². The highest BCUT2D eigenvalue weighted by Gasteiger charge is 2.14. The first-order chi connectivity index (χ1) is 10.3. The third-order valence-corrected chi connectivity index (χ3v) is 3.86. The lowest BCUT2D eigenvalue weighted by atomic mass is 10.2. The normalized spacial score (nSPS) is 18.8. The second-order valence-corrected chi connectivity index (χ2v) is 5.54. The molecule has 1 unspecified atom stereocenters. The molecule has 0 amide bonds. The summed E-state index contributed by atoms with van der Waals surface area (Å²) in [7, 11) is 0. The lowest BCUT2D eigenvalue weighted by Crippen LogP contribution is -2.38. The van der Waals surface area contributed by atoms with E-state index in [9.17, 15) is 0 Å². The molecule has 5 heteroatoms. The van der Waals surface area contributed by atoms with Crippen molar-refractivity contribution in [1.82, 2.24) is 10.6 Å². The maximum atomic E-state index is 6.15. The predicted molar refractivity (Wildman–Crippen MR) is 87.9 cm³/mol. The number of rotatable bonds is 6. The van der Waals surface area contributed by atoms with Crippen LogP contribution in [0.25, 0.3) is 0 Å². The average molecular weight is 310 g/mol. The summed E-state index contributed by atoms with van der Waals surface area (Å²) in [6, 6.07) is 7.81. The van der Waals surface area contributed by atoms with Gasteiger partial charge in [0.15, 0.2) is 5.96 Å². The highest BCUT2D eigenvalue weighted by atomic mass is 35.5. The summed E-state index contributed by atoms with van der Waals surface area (Å²) in [6.07, 6.45) is 3.79. The van der Waals surface area contributed by atoms with Crippen molar-refractivity contribution >= 4 is 17.6 Å². The molecule has 2 rings (SSSR count). The van der Waals surface area contributed by atoms with Gasteiger partial charge in [-0.15, -0.1) is 0 Å². The van der Waals surface area contributed by atoms with Crippen molar-refractivity contribution in [3.63, 3.8) is 0 Å². The number of nitrogens with one attached hydrogen (secondary N) is 2. The second kappa shape index (κ2) is 8.90. The lowest BCUT2D eigenvalue weighted by Gasteiger charge is -2.13. The van der Waals surface area contributed by atoms with Crippen LogP contribution in [-0.4, -0.2) is 31.8 Å². The van der Waals surface area contributed by atoms with E-state index in [1.54, 1.807) is 0 Å². The molecular weight excluding hydrogens is 286 g/mol. The van der Waals surface area contributed by atoms with Crippen LogP contribution in [-0.2, 0) is 11.3 Å². The van der Waals surface area contributed by atoms with Crippen LogP contribution in [0.4, 0.5) is 0 Å². The second-order valence-electron chi connectivity index (χ2n) is 5.14. The van der Waals surface area contributed by atoms with E-state index in [0.29, 0.717) is 12.6 Å². The van der Waals surface area contributed by atoms with E-state index in [-0.39, 0.29) is 0 Å². The molecule has 4 nitrogen and oxygen atoms in total. The first-order valence-electron chi connectivity index (χ1n) is 7.66. The largest absolute Gasteiger partial charge is 0.378 e. The van der Waals surface area contributed by atoms with Gasteiger partial charge in [0.1, 0.15) is 0 Å². The molecular formula is C16H24ClN3O. The number of hydrogen-bond acceptors (Lipinski definition) is 2. The van der Waals surface area contributed by atoms with Crippen LogP contribution in [0.15, 0.2) is 29.3 Å². The van der Waals surface area contributed by atoms with Crippen molar-refractivity contribution in [2.24, 2.45) is 4.99 Å². The van der Waals surface area contributed by atoms with Crippen molar-refractivity contribution in [2.75, 3.05) is 19.7 Å². The van der Waals surface area contributed by atoms with Gasteiger partial charge in [-0.3, -0.25) is 0 Å². The monoisotopic (exact) mass is 309 g/mol. The summed E-state index contributed by atoms with van der Waals surface area (Å²) in [5.41, 5.74) is 1.04. The minimum atomic E-state index is 0.406. The summed E-state index contributed by atoms with van der Waals surface area (Å²) in [5, 5.41) is 7.37. The zero-order valence-corrected chi connectivity index (χ0v) is 13.3. The standard InChI is InChI=1S/C16H24ClN3O/c1-2-18-16(19-10-9-14-7-5-11-21-14)20-12-13-6-3-4-8-15(13)17/h3-4,6,8,14H,2,5,7,9-12H2,1H3,(H2,18,19,20). The summed E-state index contributed by atoms with van der Waals surface area (Å²) in [5.74, 6) is 0.829. The summed E-state index contributed by atoms with van der Waals surface area (Å²) >= 11 is 6.15. The molecule has 1 aromatic rings. The van der Waals surface area contributed by atoms with Crippen molar-refractivity contribution in [3.05, 3.63) is 34.9 Å². The van der Waals surface area contributed by atoms with Gasteiger partial charge in [0.2, 0.25) is 0 Å². The Kier molecular flexibility index (Phi) is 6.83. The Balaban J connectivity index is 1.82. The van der Waals surface area contributed by atoms with Gasteiger partial charge in [-0.05, 0) is 37.8 Å². The molecule has 21 heavy (non-hydrogen) atoms. The quantitative estimate of drug-likeness (QED) is 0.627. The molecule has 1 saturated heterocycles. The zero-order valence-electron chi connectivity index (χ0n) is 12.6. The Morgan fingerprint density at radius 2 is 2.24 bits per heavy atom. The van der Waals surface area contributed by atoms with Crippen LogP contribution in [0.2, 0.25) is 5.02 Å². The smallest absolute Gasteiger partial charge is 0.191 e. The summed E-state index contributed by atoms with van der Waals surface area (Å²) in [4.78, 5) is 4.58. The molecule has 1 aromatic carbocycles. The molecule has 0 bridgehead atoms. The van der Waals surface area contributed by atoms with Crippen LogP contribution < -0.4 is 10.6 Å². The van der Waals surface area contributed by atoms with Gasteiger partial charge >= 0.3 is 0 Å². The zero-order chi connectivity index (χ0) is 14.9. The highest BCUT2D eigenvalue weighted by molar-refractivity contribution is 6.31. The molecule has 0 saturated carbocycles. The average Bonchev–Trinajstić information content (AvgIpc) is 2.99. The Bertz CT molecular complexity index is 459. The van der Waals surface area contributed by atoms with Gasteiger partial charge in [0.05, 0.1) is 12.6 Å². The molecule has 1 fully saturated rings. The van der Waals surface area contributed by atoms with E-state index in [4.69, 9.17) is 16.3 Å². The third-order valence-electron chi connectivity index (χ3n) is 3.49. The molecule has 0 aromatic heterocycles. The number of benzene rings is 1. The van der Waals surface area contributed by atoms with E-state index in [1.807, 2.05) is 24.3 Å². The Morgan fingerprint density at radius 3 is 2.95 bits per heavy atom. The Labute approximate surface area is 131 Å². The summed E-state index contributed by atoms with van der Waals surface area (Å²) in [6.45, 7) is 5.26.